The second kappa shape index (κ2) is 8.02. The maximum Gasteiger partial charge on any atom is 0.416 e. The molecule has 2 nitrogen and oxygen atoms in total. The largest absolute Gasteiger partial charge is 0.416 e. The molecule has 0 aromatic heterocycles. The summed E-state index contributed by atoms with van der Waals surface area (Å²) >= 11 is 5.93. The molecule has 2 atom stereocenters. The van der Waals surface area contributed by atoms with Crippen LogP contribution in [0.1, 0.15) is 22.7 Å². The van der Waals surface area contributed by atoms with Gasteiger partial charge in [-0.15, -0.1) is 12.4 Å². The summed E-state index contributed by atoms with van der Waals surface area (Å²) in [6, 6.07) is 11.0. The minimum Gasteiger partial charge on any atom is -0.391 e. The molecule has 0 bridgehead atoms. The Morgan fingerprint density at radius 3 is 2.26 bits per heavy atom. The summed E-state index contributed by atoms with van der Waals surface area (Å²) in [6.07, 6.45) is -5.29. The van der Waals surface area contributed by atoms with E-state index in [1.807, 2.05) is 30.3 Å². The summed E-state index contributed by atoms with van der Waals surface area (Å²) in [7, 11) is 0. The van der Waals surface area contributed by atoms with Gasteiger partial charge in [0, 0.05) is 11.4 Å². The Morgan fingerprint density at radius 1 is 1.09 bits per heavy atom. The molecule has 0 amide bonds. The zero-order valence-corrected chi connectivity index (χ0v) is 13.5. The average molecular weight is 366 g/mol. The molecule has 2 rings (SSSR count). The summed E-state index contributed by atoms with van der Waals surface area (Å²) in [5.41, 5.74) is 5.98. The topological polar surface area (TPSA) is 46.2 Å². The van der Waals surface area contributed by atoms with E-state index in [0.29, 0.717) is 0 Å². The van der Waals surface area contributed by atoms with E-state index in [1.165, 1.54) is 0 Å². The van der Waals surface area contributed by atoms with Gasteiger partial charge in [-0.25, -0.2) is 0 Å². The first-order valence-electron chi connectivity index (χ1n) is 6.63. The lowest BCUT2D eigenvalue weighted by atomic mass is 9.95. The number of hydrogen-bond donors (Lipinski definition) is 2. The van der Waals surface area contributed by atoms with Gasteiger partial charge in [0.2, 0.25) is 0 Å². The molecule has 0 aliphatic rings. The van der Waals surface area contributed by atoms with Gasteiger partial charge in [-0.1, -0.05) is 41.9 Å². The highest BCUT2D eigenvalue weighted by Gasteiger charge is 2.32. The third kappa shape index (κ3) is 5.11. The van der Waals surface area contributed by atoms with E-state index in [1.54, 1.807) is 0 Å². The second-order valence-corrected chi connectivity index (χ2v) is 5.42. The lowest BCUT2D eigenvalue weighted by molar-refractivity contribution is -0.137. The Hall–Kier alpha value is -1.27. The van der Waals surface area contributed by atoms with Crippen molar-refractivity contribution in [3.05, 3.63) is 70.2 Å². The molecule has 0 unspecified atom stereocenters. The predicted molar refractivity (Wildman–Crippen MR) is 86.8 cm³/mol. The number of nitrogens with two attached hydrogens (primary N) is 1. The van der Waals surface area contributed by atoms with Gasteiger partial charge in [-0.2, -0.15) is 13.2 Å². The minimum atomic E-state index is -4.48. The Morgan fingerprint density at radius 2 is 1.70 bits per heavy atom. The van der Waals surface area contributed by atoms with Crippen LogP contribution in [0.25, 0.3) is 0 Å². The molecule has 0 heterocycles. The van der Waals surface area contributed by atoms with Crippen molar-refractivity contribution in [2.24, 2.45) is 5.73 Å². The fourth-order valence-electron chi connectivity index (χ4n) is 2.17. The van der Waals surface area contributed by atoms with E-state index in [2.05, 4.69) is 0 Å². The maximum atomic E-state index is 12.8. The van der Waals surface area contributed by atoms with Crippen LogP contribution in [0.15, 0.2) is 48.5 Å². The molecule has 0 saturated carbocycles. The van der Waals surface area contributed by atoms with Crippen molar-refractivity contribution in [1.29, 1.82) is 0 Å². The van der Waals surface area contributed by atoms with Crippen molar-refractivity contribution >= 4 is 24.0 Å². The minimum absolute atomic E-state index is 0. The molecule has 7 heteroatoms. The molecular weight excluding hydrogens is 350 g/mol. The number of hydrogen-bond acceptors (Lipinski definition) is 2. The average Bonchev–Trinajstić information content (AvgIpc) is 2.46. The van der Waals surface area contributed by atoms with Crippen molar-refractivity contribution in [2.45, 2.75) is 24.7 Å². The molecule has 0 aliphatic heterocycles. The first-order chi connectivity index (χ1) is 10.3. The standard InChI is InChI=1S/C16H15ClF3NO.ClH/c17-13-7-6-11(16(18,19)20)9-12(13)15(21)14(22)8-10-4-2-1-3-5-10;/h1-7,9,14-15,22H,8,21H2;1H/t14-,15+;/m0./s1. The monoisotopic (exact) mass is 365 g/mol. The van der Waals surface area contributed by atoms with Crippen molar-refractivity contribution < 1.29 is 18.3 Å². The van der Waals surface area contributed by atoms with Crippen LogP contribution < -0.4 is 5.73 Å². The van der Waals surface area contributed by atoms with Gasteiger partial charge in [-0.3, -0.25) is 0 Å². The Bertz CT molecular complexity index is 635. The molecule has 2 aromatic rings. The zero-order valence-electron chi connectivity index (χ0n) is 11.9. The molecule has 126 valence electrons. The van der Waals surface area contributed by atoms with Crippen LogP contribution in [0.4, 0.5) is 13.2 Å². The number of halogens is 5. The van der Waals surface area contributed by atoms with Crippen LogP contribution in [-0.2, 0) is 12.6 Å². The van der Waals surface area contributed by atoms with Gasteiger partial charge in [-0.05, 0) is 29.3 Å². The lowest BCUT2D eigenvalue weighted by Gasteiger charge is -2.21. The highest BCUT2D eigenvalue weighted by Crippen LogP contribution is 2.34. The normalized spacial score (nSPS) is 14.0. The van der Waals surface area contributed by atoms with Crippen LogP contribution in [-0.4, -0.2) is 11.2 Å². The van der Waals surface area contributed by atoms with Gasteiger partial charge < -0.3 is 10.8 Å². The molecule has 0 spiro atoms. The van der Waals surface area contributed by atoms with Gasteiger partial charge >= 0.3 is 6.18 Å². The molecular formula is C16H16Cl2F3NO. The quantitative estimate of drug-likeness (QED) is 0.844. The smallest absolute Gasteiger partial charge is 0.391 e. The highest BCUT2D eigenvalue weighted by atomic mass is 35.5. The van der Waals surface area contributed by atoms with E-state index in [0.717, 1.165) is 23.8 Å². The fraction of sp³-hybridized carbons (Fsp3) is 0.250. The summed E-state index contributed by atoms with van der Waals surface area (Å²) in [4.78, 5) is 0. The third-order valence-electron chi connectivity index (χ3n) is 3.38. The lowest BCUT2D eigenvalue weighted by Crippen LogP contribution is -2.28. The van der Waals surface area contributed by atoms with E-state index < -0.39 is 23.9 Å². The Balaban J connectivity index is 0.00000264. The molecule has 23 heavy (non-hydrogen) atoms. The predicted octanol–water partition coefficient (Wildman–Crippen LogP) is 4.38. The fourth-order valence-corrected chi connectivity index (χ4v) is 2.41. The first kappa shape index (κ1) is 19.8. The molecule has 2 aromatic carbocycles. The maximum absolute atomic E-state index is 12.8. The molecule has 0 saturated heterocycles. The number of benzene rings is 2. The van der Waals surface area contributed by atoms with Crippen molar-refractivity contribution in [3.63, 3.8) is 0 Å². The Labute approximate surface area is 143 Å². The second-order valence-electron chi connectivity index (χ2n) is 5.02. The van der Waals surface area contributed by atoms with E-state index in [-0.39, 0.29) is 29.4 Å². The van der Waals surface area contributed by atoms with Crippen LogP contribution in [0.5, 0.6) is 0 Å². The molecule has 0 fully saturated rings. The van der Waals surface area contributed by atoms with Crippen molar-refractivity contribution in [3.8, 4) is 0 Å². The third-order valence-corrected chi connectivity index (χ3v) is 3.73. The number of aliphatic hydroxyl groups excluding tert-OH is 1. The molecule has 3 N–H and O–H groups in total. The van der Waals surface area contributed by atoms with Crippen LogP contribution in [0.2, 0.25) is 5.02 Å². The highest BCUT2D eigenvalue weighted by molar-refractivity contribution is 6.31. The zero-order chi connectivity index (χ0) is 16.3. The summed E-state index contributed by atoms with van der Waals surface area (Å²) in [5, 5.41) is 10.3. The number of alkyl halides is 3. The van der Waals surface area contributed by atoms with E-state index >= 15 is 0 Å². The van der Waals surface area contributed by atoms with Crippen molar-refractivity contribution in [1.82, 2.24) is 0 Å². The van der Waals surface area contributed by atoms with E-state index in [9.17, 15) is 18.3 Å². The van der Waals surface area contributed by atoms with E-state index in [4.69, 9.17) is 17.3 Å². The summed E-state index contributed by atoms with van der Waals surface area (Å²) in [5.74, 6) is 0. The molecule has 0 aliphatic carbocycles. The van der Waals surface area contributed by atoms with Crippen LogP contribution in [0, 0.1) is 0 Å². The SMILES string of the molecule is Cl.N[C@H](c1cc(C(F)(F)F)ccc1Cl)[C@@H](O)Cc1ccccc1. The van der Waals surface area contributed by atoms with Gasteiger partial charge in [0.05, 0.1) is 17.7 Å². The van der Waals surface area contributed by atoms with Gasteiger partial charge in [0.15, 0.2) is 0 Å². The van der Waals surface area contributed by atoms with Crippen LogP contribution in [0.3, 0.4) is 0 Å². The molecule has 0 radical (unpaired) electrons. The van der Waals surface area contributed by atoms with Gasteiger partial charge in [0.25, 0.3) is 0 Å². The van der Waals surface area contributed by atoms with Crippen molar-refractivity contribution in [2.75, 3.05) is 0 Å². The summed E-state index contributed by atoms with van der Waals surface area (Å²) in [6.45, 7) is 0. The van der Waals surface area contributed by atoms with Gasteiger partial charge in [0.1, 0.15) is 0 Å². The Kier molecular flexibility index (Phi) is 6.89. The summed E-state index contributed by atoms with van der Waals surface area (Å²) < 4.78 is 38.3. The number of aliphatic hydroxyl groups is 1. The van der Waals surface area contributed by atoms with Crippen LogP contribution >= 0.6 is 24.0 Å². The number of rotatable bonds is 4. The first-order valence-corrected chi connectivity index (χ1v) is 7.01.